The second kappa shape index (κ2) is 5.98. The van der Waals surface area contributed by atoms with E-state index in [4.69, 9.17) is 9.47 Å². The second-order valence-electron chi connectivity index (χ2n) is 5.06. The Balaban J connectivity index is 1.81. The van der Waals surface area contributed by atoms with Crippen LogP contribution in [0.1, 0.15) is 18.5 Å². The van der Waals surface area contributed by atoms with Gasteiger partial charge in [0.25, 0.3) is 0 Å². The first-order valence-electron chi connectivity index (χ1n) is 7.03. The van der Waals surface area contributed by atoms with Gasteiger partial charge in [0, 0.05) is 6.04 Å². The van der Waals surface area contributed by atoms with Gasteiger partial charge in [-0.1, -0.05) is 24.3 Å². The monoisotopic (exact) mass is 319 g/mol. The molecule has 1 heterocycles. The first kappa shape index (κ1) is 14.9. The van der Waals surface area contributed by atoms with Gasteiger partial charge in [-0.3, -0.25) is 0 Å². The van der Waals surface area contributed by atoms with Crippen molar-refractivity contribution >= 4 is 10.0 Å². The van der Waals surface area contributed by atoms with Crippen LogP contribution in [0.25, 0.3) is 0 Å². The summed E-state index contributed by atoms with van der Waals surface area (Å²) in [4.78, 5) is 0.249. The minimum atomic E-state index is -3.55. The lowest BCUT2D eigenvalue weighted by Gasteiger charge is -2.21. The molecular formula is C16H17NO4S. The van der Waals surface area contributed by atoms with Crippen LogP contribution in [0.5, 0.6) is 11.5 Å². The molecular weight excluding hydrogens is 302 g/mol. The Morgan fingerprint density at radius 1 is 1.00 bits per heavy atom. The number of sulfonamides is 1. The molecule has 6 heteroatoms. The van der Waals surface area contributed by atoms with Crippen LogP contribution in [-0.4, -0.2) is 21.6 Å². The van der Waals surface area contributed by atoms with Crippen molar-refractivity contribution in [2.45, 2.75) is 17.9 Å². The van der Waals surface area contributed by atoms with Gasteiger partial charge in [-0.2, -0.15) is 0 Å². The van der Waals surface area contributed by atoms with Crippen LogP contribution in [0.3, 0.4) is 0 Å². The molecule has 22 heavy (non-hydrogen) atoms. The average Bonchev–Trinajstić information content (AvgIpc) is 2.55. The number of fused-ring (bicyclic) bond motifs is 1. The molecule has 1 aliphatic rings. The van der Waals surface area contributed by atoms with Gasteiger partial charge in [-0.05, 0) is 36.8 Å². The first-order valence-corrected chi connectivity index (χ1v) is 8.51. The van der Waals surface area contributed by atoms with Gasteiger partial charge >= 0.3 is 0 Å². The average molecular weight is 319 g/mol. The van der Waals surface area contributed by atoms with Gasteiger partial charge < -0.3 is 9.47 Å². The molecule has 0 amide bonds. The van der Waals surface area contributed by atoms with Crippen molar-refractivity contribution in [2.75, 3.05) is 13.2 Å². The molecule has 0 aliphatic carbocycles. The Morgan fingerprint density at radius 2 is 1.68 bits per heavy atom. The molecule has 5 nitrogen and oxygen atoms in total. The molecule has 3 rings (SSSR count). The summed E-state index contributed by atoms with van der Waals surface area (Å²) in [6.07, 6.45) is 0. The van der Waals surface area contributed by atoms with Crippen LogP contribution in [0.2, 0.25) is 0 Å². The molecule has 2 aromatic rings. The van der Waals surface area contributed by atoms with E-state index in [-0.39, 0.29) is 10.9 Å². The maximum absolute atomic E-state index is 12.3. The van der Waals surface area contributed by atoms with E-state index < -0.39 is 10.0 Å². The standard InChI is InChI=1S/C16H17NO4S/c1-12(17-22(18,19)14-5-3-2-4-6-14)13-7-8-15-16(11-13)21-10-9-20-15/h2-8,11-12,17H,9-10H2,1H3/t12-/m0/s1. The van der Waals surface area contributed by atoms with Crippen molar-refractivity contribution in [1.29, 1.82) is 0 Å². The summed E-state index contributed by atoms with van der Waals surface area (Å²) in [6, 6.07) is 13.4. The molecule has 0 saturated heterocycles. The van der Waals surface area contributed by atoms with Crippen molar-refractivity contribution in [3.05, 3.63) is 54.1 Å². The van der Waals surface area contributed by atoms with Gasteiger partial charge in [0.2, 0.25) is 10.0 Å². The van der Waals surface area contributed by atoms with E-state index in [9.17, 15) is 8.42 Å². The SMILES string of the molecule is C[C@H](NS(=O)(=O)c1ccccc1)c1ccc2c(c1)OCCO2. The van der Waals surface area contributed by atoms with E-state index in [1.54, 1.807) is 43.3 Å². The fourth-order valence-corrected chi connectivity index (χ4v) is 3.55. The van der Waals surface area contributed by atoms with Crippen LogP contribution in [0.4, 0.5) is 0 Å². The molecule has 1 aliphatic heterocycles. The third-order valence-corrected chi connectivity index (χ3v) is 5.01. The molecule has 2 aromatic carbocycles. The fourth-order valence-electron chi connectivity index (χ4n) is 2.30. The molecule has 116 valence electrons. The highest BCUT2D eigenvalue weighted by atomic mass is 32.2. The zero-order valence-corrected chi connectivity index (χ0v) is 13.0. The van der Waals surface area contributed by atoms with E-state index in [1.807, 2.05) is 12.1 Å². The quantitative estimate of drug-likeness (QED) is 0.940. The molecule has 1 N–H and O–H groups in total. The van der Waals surface area contributed by atoms with Gasteiger partial charge in [0.05, 0.1) is 4.90 Å². The van der Waals surface area contributed by atoms with E-state index in [2.05, 4.69) is 4.72 Å². The smallest absolute Gasteiger partial charge is 0.241 e. The predicted molar refractivity (Wildman–Crippen MR) is 82.6 cm³/mol. The minimum Gasteiger partial charge on any atom is -0.486 e. The number of ether oxygens (including phenoxy) is 2. The van der Waals surface area contributed by atoms with Gasteiger partial charge in [-0.25, -0.2) is 13.1 Å². The molecule has 0 bridgehead atoms. The second-order valence-corrected chi connectivity index (χ2v) is 6.77. The molecule has 0 fully saturated rings. The van der Waals surface area contributed by atoms with E-state index in [1.165, 1.54) is 0 Å². The topological polar surface area (TPSA) is 64.6 Å². The normalized spacial score (nSPS) is 15.3. The van der Waals surface area contributed by atoms with E-state index >= 15 is 0 Å². The summed E-state index contributed by atoms with van der Waals surface area (Å²) in [5.74, 6) is 1.34. The lowest BCUT2D eigenvalue weighted by molar-refractivity contribution is 0.171. The zero-order valence-electron chi connectivity index (χ0n) is 12.2. The summed E-state index contributed by atoms with van der Waals surface area (Å²) < 4.78 is 38.3. The lowest BCUT2D eigenvalue weighted by Crippen LogP contribution is -2.27. The van der Waals surface area contributed by atoms with Gasteiger partial charge in [0.15, 0.2) is 11.5 Å². The van der Waals surface area contributed by atoms with Gasteiger partial charge in [-0.15, -0.1) is 0 Å². The maximum atomic E-state index is 12.3. The number of nitrogens with one attached hydrogen (secondary N) is 1. The Hall–Kier alpha value is -2.05. The summed E-state index contributed by atoms with van der Waals surface area (Å²) in [7, 11) is -3.55. The minimum absolute atomic E-state index is 0.249. The Morgan fingerprint density at radius 3 is 2.41 bits per heavy atom. The van der Waals surface area contributed by atoms with Crippen LogP contribution in [0, 0.1) is 0 Å². The molecule has 1 atom stereocenters. The highest BCUT2D eigenvalue weighted by Gasteiger charge is 2.20. The number of hydrogen-bond acceptors (Lipinski definition) is 4. The maximum Gasteiger partial charge on any atom is 0.241 e. The molecule has 0 aromatic heterocycles. The summed E-state index contributed by atoms with van der Waals surface area (Å²) in [5, 5.41) is 0. The predicted octanol–water partition coefficient (Wildman–Crippen LogP) is 2.50. The van der Waals surface area contributed by atoms with E-state index in [0.717, 1.165) is 5.56 Å². The first-order chi connectivity index (χ1) is 10.6. The summed E-state index contributed by atoms with van der Waals surface area (Å²) in [6.45, 7) is 2.83. The molecule has 0 unspecified atom stereocenters. The van der Waals surface area contributed by atoms with E-state index in [0.29, 0.717) is 24.7 Å². The number of rotatable bonds is 4. The third-order valence-electron chi connectivity index (χ3n) is 3.45. The van der Waals surface area contributed by atoms with Crippen molar-refractivity contribution in [3.8, 4) is 11.5 Å². The van der Waals surface area contributed by atoms with Crippen molar-refractivity contribution in [3.63, 3.8) is 0 Å². The number of hydrogen-bond donors (Lipinski definition) is 1. The molecule has 0 radical (unpaired) electrons. The Bertz CT molecular complexity index is 759. The van der Waals surface area contributed by atoms with Crippen LogP contribution >= 0.6 is 0 Å². The largest absolute Gasteiger partial charge is 0.486 e. The van der Waals surface area contributed by atoms with Crippen molar-refractivity contribution < 1.29 is 17.9 Å². The molecule has 0 saturated carbocycles. The van der Waals surface area contributed by atoms with Crippen LogP contribution in [0.15, 0.2) is 53.4 Å². The van der Waals surface area contributed by atoms with Crippen LogP contribution in [-0.2, 0) is 10.0 Å². The van der Waals surface area contributed by atoms with Crippen molar-refractivity contribution in [1.82, 2.24) is 4.72 Å². The van der Waals surface area contributed by atoms with Crippen molar-refractivity contribution in [2.24, 2.45) is 0 Å². The summed E-state index contributed by atoms with van der Waals surface area (Å²) >= 11 is 0. The highest BCUT2D eigenvalue weighted by Crippen LogP contribution is 2.32. The fraction of sp³-hybridized carbons (Fsp3) is 0.250. The van der Waals surface area contributed by atoms with Crippen LogP contribution < -0.4 is 14.2 Å². The highest BCUT2D eigenvalue weighted by molar-refractivity contribution is 7.89. The summed E-state index contributed by atoms with van der Waals surface area (Å²) in [5.41, 5.74) is 0.823. The zero-order chi connectivity index (χ0) is 15.6. The Labute approximate surface area is 129 Å². The van der Waals surface area contributed by atoms with Gasteiger partial charge in [0.1, 0.15) is 13.2 Å². The third kappa shape index (κ3) is 3.08. The number of benzene rings is 2. The molecule has 0 spiro atoms. The Kier molecular flexibility index (Phi) is 4.04. The lowest BCUT2D eigenvalue weighted by atomic mass is 10.1.